The number of benzene rings is 2. The molecule has 1 unspecified atom stereocenters. The highest BCUT2D eigenvalue weighted by atomic mass is 35.5. The van der Waals surface area contributed by atoms with E-state index in [0.717, 1.165) is 6.26 Å². The predicted octanol–water partition coefficient (Wildman–Crippen LogP) is 1.46. The van der Waals surface area contributed by atoms with Crippen molar-refractivity contribution >= 4 is 27.3 Å². The zero-order valence-electron chi connectivity index (χ0n) is 11.7. The molecule has 0 aliphatic carbocycles. The van der Waals surface area contributed by atoms with E-state index in [0.29, 0.717) is 0 Å². The lowest BCUT2D eigenvalue weighted by atomic mass is 9.85. The third-order valence-corrected chi connectivity index (χ3v) is 4.65. The zero-order chi connectivity index (χ0) is 16.5. The Morgan fingerprint density at radius 2 is 1.77 bits per heavy atom. The maximum absolute atomic E-state index is 12.0. The maximum Gasteiger partial charge on any atom is 0.258 e. The Kier molecular flexibility index (Phi) is 4.28. The number of carbonyl (C=O) groups is 1. The van der Waals surface area contributed by atoms with Crippen molar-refractivity contribution < 1.29 is 18.3 Å². The molecule has 2 aromatic rings. The molecule has 0 aliphatic heterocycles. The average molecular weight is 340 g/mol. The molecule has 0 heterocycles. The van der Waals surface area contributed by atoms with Crippen LogP contribution in [0.15, 0.2) is 53.4 Å². The quantitative estimate of drug-likeness (QED) is 0.881. The van der Waals surface area contributed by atoms with Gasteiger partial charge in [0, 0.05) is 16.8 Å². The minimum Gasteiger partial charge on any atom is -0.372 e. The van der Waals surface area contributed by atoms with Gasteiger partial charge in [0.1, 0.15) is 0 Å². The summed E-state index contributed by atoms with van der Waals surface area (Å²) in [6.07, 6.45) is 0.967. The van der Waals surface area contributed by atoms with Crippen molar-refractivity contribution in [2.45, 2.75) is 10.5 Å². The van der Waals surface area contributed by atoms with E-state index in [-0.39, 0.29) is 21.0 Å². The van der Waals surface area contributed by atoms with Crippen LogP contribution in [0.5, 0.6) is 0 Å². The number of carbonyl (C=O) groups excluding carboxylic acids is 1. The summed E-state index contributed by atoms with van der Waals surface area (Å²) in [7, 11) is -3.73. The minimum atomic E-state index is -3.73. The highest BCUT2D eigenvalue weighted by molar-refractivity contribution is 7.90. The largest absolute Gasteiger partial charge is 0.372 e. The van der Waals surface area contributed by atoms with Crippen LogP contribution >= 0.6 is 11.6 Å². The first kappa shape index (κ1) is 16.5. The smallest absolute Gasteiger partial charge is 0.258 e. The molecular weight excluding hydrogens is 326 g/mol. The summed E-state index contributed by atoms with van der Waals surface area (Å²) in [5.74, 6) is -1.08. The molecule has 0 bridgehead atoms. The highest BCUT2D eigenvalue weighted by Gasteiger charge is 2.41. The molecule has 7 heteroatoms. The van der Waals surface area contributed by atoms with Crippen molar-refractivity contribution in [1.29, 1.82) is 0 Å². The summed E-state index contributed by atoms with van der Waals surface area (Å²) >= 11 is 5.84. The summed E-state index contributed by atoms with van der Waals surface area (Å²) in [6.45, 7) is 0. The topological polar surface area (TPSA) is 97.5 Å². The van der Waals surface area contributed by atoms with Gasteiger partial charge in [-0.1, -0.05) is 48.0 Å². The number of amides is 1. The van der Waals surface area contributed by atoms with Crippen LogP contribution < -0.4 is 5.73 Å². The number of hydrogen-bond acceptors (Lipinski definition) is 4. The van der Waals surface area contributed by atoms with Gasteiger partial charge in [-0.3, -0.25) is 4.79 Å². The summed E-state index contributed by atoms with van der Waals surface area (Å²) in [4.78, 5) is 11.7. The van der Waals surface area contributed by atoms with Gasteiger partial charge in [0.2, 0.25) is 0 Å². The van der Waals surface area contributed by atoms with Gasteiger partial charge < -0.3 is 10.8 Å². The van der Waals surface area contributed by atoms with Crippen molar-refractivity contribution in [3.05, 3.63) is 64.7 Å². The van der Waals surface area contributed by atoms with Gasteiger partial charge in [-0.2, -0.15) is 0 Å². The Balaban J connectivity index is 2.84. The third kappa shape index (κ3) is 2.85. The number of halogens is 1. The Bertz CT molecular complexity index is 821. The van der Waals surface area contributed by atoms with Crippen LogP contribution in [-0.4, -0.2) is 25.7 Å². The van der Waals surface area contributed by atoms with Crippen molar-refractivity contribution in [2.75, 3.05) is 6.26 Å². The number of hydrogen-bond donors (Lipinski definition) is 2. The van der Waals surface area contributed by atoms with Gasteiger partial charge in [-0.15, -0.1) is 0 Å². The van der Waals surface area contributed by atoms with Crippen LogP contribution in [0, 0.1) is 0 Å². The molecule has 0 fully saturated rings. The first-order valence-electron chi connectivity index (χ1n) is 6.25. The highest BCUT2D eigenvalue weighted by Crippen LogP contribution is 2.35. The van der Waals surface area contributed by atoms with Crippen molar-refractivity contribution in [3.63, 3.8) is 0 Å². The van der Waals surface area contributed by atoms with Crippen LogP contribution in [0.3, 0.4) is 0 Å². The van der Waals surface area contributed by atoms with Crippen LogP contribution in [0.25, 0.3) is 0 Å². The Morgan fingerprint density at radius 3 is 2.27 bits per heavy atom. The minimum absolute atomic E-state index is 0.127. The van der Waals surface area contributed by atoms with E-state index in [9.17, 15) is 18.3 Å². The average Bonchev–Trinajstić information content (AvgIpc) is 2.46. The predicted molar refractivity (Wildman–Crippen MR) is 83.2 cm³/mol. The Labute approximate surface area is 133 Å². The van der Waals surface area contributed by atoms with Crippen LogP contribution in [0.2, 0.25) is 5.02 Å². The number of aliphatic hydroxyl groups is 1. The summed E-state index contributed by atoms with van der Waals surface area (Å²) < 4.78 is 24.0. The fourth-order valence-corrected chi connectivity index (χ4v) is 3.40. The molecule has 2 rings (SSSR count). The first-order chi connectivity index (χ1) is 10.2. The van der Waals surface area contributed by atoms with Crippen molar-refractivity contribution in [2.24, 2.45) is 5.73 Å². The molecule has 0 radical (unpaired) electrons. The molecule has 3 N–H and O–H groups in total. The molecule has 0 saturated carbocycles. The van der Waals surface area contributed by atoms with Gasteiger partial charge in [0.25, 0.3) is 5.91 Å². The summed E-state index contributed by atoms with van der Waals surface area (Å²) in [6, 6.07) is 11.8. The van der Waals surface area contributed by atoms with Gasteiger partial charge >= 0.3 is 0 Å². The first-order valence-corrected chi connectivity index (χ1v) is 8.52. The van der Waals surface area contributed by atoms with Gasteiger partial charge in [0.05, 0.1) is 4.90 Å². The third-order valence-electron chi connectivity index (χ3n) is 3.28. The second kappa shape index (κ2) is 5.72. The molecule has 116 valence electrons. The SMILES string of the molecule is CS(=O)(=O)c1cc(Cl)ccc1C(O)(C(N)=O)c1ccccc1. The monoisotopic (exact) mass is 339 g/mol. The van der Waals surface area contributed by atoms with E-state index in [1.165, 1.54) is 30.3 Å². The van der Waals surface area contributed by atoms with E-state index in [1.807, 2.05) is 0 Å². The van der Waals surface area contributed by atoms with E-state index in [4.69, 9.17) is 17.3 Å². The van der Waals surface area contributed by atoms with Crippen molar-refractivity contribution in [3.8, 4) is 0 Å². The zero-order valence-corrected chi connectivity index (χ0v) is 13.2. The molecule has 0 aliphatic rings. The standard InChI is InChI=1S/C15H14ClNO4S/c1-22(20,21)13-9-11(16)7-8-12(13)15(19,14(17)18)10-5-3-2-4-6-10/h2-9,19H,1H3,(H2,17,18). The van der Waals surface area contributed by atoms with Crippen LogP contribution in [0.1, 0.15) is 11.1 Å². The molecule has 0 spiro atoms. The normalized spacial score (nSPS) is 14.3. The lowest BCUT2D eigenvalue weighted by Crippen LogP contribution is -2.43. The molecule has 1 amide bonds. The Hall–Kier alpha value is -1.89. The summed E-state index contributed by atoms with van der Waals surface area (Å²) in [5, 5.41) is 11.1. The summed E-state index contributed by atoms with van der Waals surface area (Å²) in [5.41, 5.74) is 3.14. The molecule has 0 aromatic heterocycles. The number of rotatable bonds is 4. The lowest BCUT2D eigenvalue weighted by molar-refractivity contribution is -0.133. The number of sulfone groups is 1. The number of primary amides is 1. The molecule has 5 nitrogen and oxygen atoms in total. The van der Waals surface area contributed by atoms with E-state index >= 15 is 0 Å². The second-order valence-electron chi connectivity index (χ2n) is 4.85. The fourth-order valence-electron chi connectivity index (χ4n) is 2.21. The Morgan fingerprint density at radius 1 is 1.18 bits per heavy atom. The van der Waals surface area contributed by atoms with Crippen LogP contribution in [-0.2, 0) is 20.2 Å². The molecule has 2 aromatic carbocycles. The molecule has 1 atom stereocenters. The second-order valence-corrected chi connectivity index (χ2v) is 7.27. The van der Waals surface area contributed by atoms with Gasteiger partial charge in [-0.25, -0.2) is 8.42 Å². The van der Waals surface area contributed by atoms with E-state index < -0.39 is 21.3 Å². The fraction of sp³-hybridized carbons (Fsp3) is 0.133. The maximum atomic E-state index is 12.0. The van der Waals surface area contributed by atoms with E-state index in [2.05, 4.69) is 0 Å². The van der Waals surface area contributed by atoms with E-state index in [1.54, 1.807) is 18.2 Å². The number of nitrogens with two attached hydrogens (primary N) is 1. The molecule has 22 heavy (non-hydrogen) atoms. The lowest BCUT2D eigenvalue weighted by Gasteiger charge is -2.27. The molecule has 0 saturated heterocycles. The van der Waals surface area contributed by atoms with Crippen LogP contribution in [0.4, 0.5) is 0 Å². The van der Waals surface area contributed by atoms with Gasteiger partial charge in [-0.05, 0) is 17.7 Å². The van der Waals surface area contributed by atoms with Gasteiger partial charge in [0.15, 0.2) is 15.4 Å². The van der Waals surface area contributed by atoms with Crippen molar-refractivity contribution in [1.82, 2.24) is 0 Å². The molecular formula is C15H14ClNO4S.